The topological polar surface area (TPSA) is 43.1 Å². The number of hydrogen-bond acceptors (Lipinski definition) is 4. The summed E-state index contributed by atoms with van der Waals surface area (Å²) < 4.78 is 6.19. The quantitative estimate of drug-likeness (QED) is 0.689. The molecule has 5 heteroatoms. The molecule has 0 fully saturated rings. The average molecular weight is 308 g/mol. The first-order valence-electron chi connectivity index (χ1n) is 4.89. The van der Waals surface area contributed by atoms with Gasteiger partial charge in [-0.25, -0.2) is 9.78 Å². The van der Waals surface area contributed by atoms with E-state index in [4.69, 9.17) is 4.42 Å². The molecule has 0 spiro atoms. The molecule has 0 radical (unpaired) electrons. The van der Waals surface area contributed by atoms with Crippen LogP contribution >= 0.6 is 27.3 Å². The van der Waals surface area contributed by atoms with Gasteiger partial charge in [0.15, 0.2) is 0 Å². The summed E-state index contributed by atoms with van der Waals surface area (Å²) in [4.78, 5) is 16.9. The van der Waals surface area contributed by atoms with Crippen molar-refractivity contribution < 1.29 is 4.42 Å². The second kappa shape index (κ2) is 4.09. The lowest BCUT2D eigenvalue weighted by molar-refractivity contribution is 0.520. The number of thiophene rings is 1. The minimum Gasteiger partial charge on any atom is -0.402 e. The predicted octanol–water partition coefficient (Wildman–Crippen LogP) is 3.68. The minimum atomic E-state index is -0.352. The Morgan fingerprint density at radius 3 is 2.76 bits per heavy atom. The lowest BCUT2D eigenvalue weighted by Crippen LogP contribution is -2.01. The summed E-state index contributed by atoms with van der Waals surface area (Å²) in [6, 6.07) is 10.9. The lowest BCUT2D eigenvalue weighted by Gasteiger charge is -1.98. The monoisotopic (exact) mass is 307 g/mol. The van der Waals surface area contributed by atoms with Gasteiger partial charge in [-0.1, -0.05) is 12.1 Å². The highest BCUT2D eigenvalue weighted by molar-refractivity contribution is 9.11. The molecule has 0 N–H and O–H groups in total. The molecule has 0 saturated carbocycles. The van der Waals surface area contributed by atoms with E-state index in [0.717, 1.165) is 8.66 Å². The highest BCUT2D eigenvalue weighted by Crippen LogP contribution is 2.30. The summed E-state index contributed by atoms with van der Waals surface area (Å²) >= 11 is 4.85. The van der Waals surface area contributed by atoms with Crippen LogP contribution in [-0.2, 0) is 0 Å². The van der Waals surface area contributed by atoms with Crippen molar-refractivity contribution in [1.82, 2.24) is 4.98 Å². The number of benzene rings is 1. The zero-order chi connectivity index (χ0) is 11.8. The van der Waals surface area contributed by atoms with E-state index in [1.807, 2.05) is 18.2 Å². The van der Waals surface area contributed by atoms with Crippen LogP contribution in [0.5, 0.6) is 0 Å². The van der Waals surface area contributed by atoms with Gasteiger partial charge < -0.3 is 4.42 Å². The Labute approximate surface area is 109 Å². The van der Waals surface area contributed by atoms with Gasteiger partial charge in [0.05, 0.1) is 19.6 Å². The van der Waals surface area contributed by atoms with Gasteiger partial charge in [0.1, 0.15) is 0 Å². The van der Waals surface area contributed by atoms with Crippen molar-refractivity contribution in [1.29, 1.82) is 0 Å². The van der Waals surface area contributed by atoms with Crippen LogP contribution < -0.4 is 5.63 Å². The van der Waals surface area contributed by atoms with E-state index in [1.54, 1.807) is 18.2 Å². The molecule has 0 aliphatic carbocycles. The van der Waals surface area contributed by atoms with Gasteiger partial charge in [0, 0.05) is 0 Å². The molecular weight excluding hydrogens is 302 g/mol. The molecular formula is C12H6BrNO2S. The first kappa shape index (κ1) is 10.7. The Morgan fingerprint density at radius 2 is 2.00 bits per heavy atom. The molecule has 0 atom stereocenters. The molecule has 3 nitrogen and oxygen atoms in total. The molecule has 0 unspecified atom stereocenters. The van der Waals surface area contributed by atoms with Crippen molar-refractivity contribution in [3.05, 3.63) is 50.6 Å². The van der Waals surface area contributed by atoms with Crippen molar-refractivity contribution in [2.75, 3.05) is 0 Å². The van der Waals surface area contributed by atoms with Crippen LogP contribution in [0.4, 0.5) is 0 Å². The smallest absolute Gasteiger partial charge is 0.347 e. The molecule has 0 bridgehead atoms. The van der Waals surface area contributed by atoms with Crippen molar-refractivity contribution in [2.24, 2.45) is 0 Å². The van der Waals surface area contributed by atoms with Gasteiger partial charge in [-0.3, -0.25) is 0 Å². The summed E-state index contributed by atoms with van der Waals surface area (Å²) in [5.41, 5.74) is 0.304. The molecule has 0 amide bonds. The fourth-order valence-electron chi connectivity index (χ4n) is 1.55. The Hall–Kier alpha value is -1.46. The van der Waals surface area contributed by atoms with Gasteiger partial charge in [-0.2, -0.15) is 0 Å². The predicted molar refractivity (Wildman–Crippen MR) is 71.3 cm³/mol. The maximum Gasteiger partial charge on any atom is 0.347 e. The highest BCUT2D eigenvalue weighted by atomic mass is 79.9. The lowest BCUT2D eigenvalue weighted by atomic mass is 10.2. The minimum absolute atomic E-state index is 0.352. The van der Waals surface area contributed by atoms with E-state index in [-0.39, 0.29) is 5.63 Å². The van der Waals surface area contributed by atoms with Gasteiger partial charge in [0.25, 0.3) is 0 Å². The number of halogens is 1. The first-order chi connectivity index (χ1) is 8.24. The van der Waals surface area contributed by atoms with Gasteiger partial charge >= 0.3 is 5.63 Å². The van der Waals surface area contributed by atoms with E-state index < -0.39 is 0 Å². The Balaban J connectivity index is 2.29. The van der Waals surface area contributed by atoms with Crippen molar-refractivity contribution in [2.45, 2.75) is 0 Å². The highest BCUT2D eigenvalue weighted by Gasteiger charge is 2.09. The SMILES string of the molecule is O=c1oc(-c2ccc(Br)s2)nc2ccccc12. The van der Waals surface area contributed by atoms with Crippen LogP contribution in [0, 0.1) is 0 Å². The normalized spacial score (nSPS) is 10.9. The average Bonchev–Trinajstić information content (AvgIpc) is 2.76. The van der Waals surface area contributed by atoms with Gasteiger partial charge in [-0.05, 0) is 40.2 Å². The number of rotatable bonds is 1. The maximum atomic E-state index is 11.8. The molecule has 2 aromatic heterocycles. The van der Waals surface area contributed by atoms with Crippen LogP contribution in [0.2, 0.25) is 0 Å². The van der Waals surface area contributed by atoms with E-state index in [9.17, 15) is 4.79 Å². The van der Waals surface area contributed by atoms with Crippen molar-refractivity contribution >= 4 is 38.2 Å². The fourth-order valence-corrected chi connectivity index (χ4v) is 2.87. The molecule has 3 rings (SSSR count). The summed E-state index contributed by atoms with van der Waals surface area (Å²) in [5, 5.41) is 0.506. The van der Waals surface area contributed by atoms with Crippen molar-refractivity contribution in [3.63, 3.8) is 0 Å². The van der Waals surface area contributed by atoms with Crippen LogP contribution in [0.1, 0.15) is 0 Å². The van der Waals surface area contributed by atoms with E-state index in [1.165, 1.54) is 11.3 Å². The van der Waals surface area contributed by atoms with Crippen LogP contribution in [0.25, 0.3) is 21.7 Å². The summed E-state index contributed by atoms with van der Waals surface area (Å²) in [6.45, 7) is 0. The Bertz CT molecular complexity index is 747. The zero-order valence-corrected chi connectivity index (χ0v) is 10.9. The third-order valence-corrected chi connectivity index (χ3v) is 3.93. The van der Waals surface area contributed by atoms with Gasteiger partial charge in [0.2, 0.25) is 5.89 Å². The molecule has 1 aromatic carbocycles. The maximum absolute atomic E-state index is 11.8. The second-order valence-electron chi connectivity index (χ2n) is 3.43. The Kier molecular flexibility index (Phi) is 2.57. The summed E-state index contributed by atoms with van der Waals surface area (Å²) in [7, 11) is 0. The van der Waals surface area contributed by atoms with E-state index in [2.05, 4.69) is 20.9 Å². The molecule has 0 aliphatic rings. The molecule has 3 aromatic rings. The van der Waals surface area contributed by atoms with E-state index in [0.29, 0.717) is 16.8 Å². The standard InChI is InChI=1S/C12H6BrNO2S/c13-10-6-5-9(17-10)11-14-8-4-2-1-3-7(8)12(15)16-11/h1-6H. The second-order valence-corrected chi connectivity index (χ2v) is 5.89. The molecule has 2 heterocycles. The third-order valence-electron chi connectivity index (χ3n) is 2.32. The number of para-hydroxylation sites is 1. The summed E-state index contributed by atoms with van der Waals surface area (Å²) in [6.07, 6.45) is 0. The largest absolute Gasteiger partial charge is 0.402 e. The Morgan fingerprint density at radius 1 is 1.18 bits per heavy atom. The zero-order valence-electron chi connectivity index (χ0n) is 8.51. The first-order valence-corrected chi connectivity index (χ1v) is 6.50. The fraction of sp³-hybridized carbons (Fsp3) is 0. The van der Waals surface area contributed by atoms with Crippen LogP contribution in [0.3, 0.4) is 0 Å². The van der Waals surface area contributed by atoms with Gasteiger partial charge in [-0.15, -0.1) is 11.3 Å². The number of fused-ring (bicyclic) bond motifs is 1. The molecule has 17 heavy (non-hydrogen) atoms. The summed E-state index contributed by atoms with van der Waals surface area (Å²) in [5.74, 6) is 0.365. The number of hydrogen-bond donors (Lipinski definition) is 0. The number of nitrogens with zero attached hydrogens (tertiary/aromatic N) is 1. The molecule has 0 aliphatic heterocycles. The van der Waals surface area contributed by atoms with Crippen LogP contribution in [-0.4, -0.2) is 4.98 Å². The third kappa shape index (κ3) is 1.92. The van der Waals surface area contributed by atoms with Crippen molar-refractivity contribution in [3.8, 4) is 10.8 Å². The van der Waals surface area contributed by atoms with Crippen LogP contribution in [0.15, 0.2) is 49.4 Å². The molecule has 84 valence electrons. The number of aromatic nitrogens is 1. The molecule has 0 saturated heterocycles. The van der Waals surface area contributed by atoms with E-state index >= 15 is 0 Å².